The Morgan fingerprint density at radius 3 is 2.62 bits per heavy atom. The van der Waals surface area contributed by atoms with Crippen LogP contribution in [0.4, 0.5) is 11.4 Å². The molecule has 1 heterocycles. The summed E-state index contributed by atoms with van der Waals surface area (Å²) in [4.78, 5) is 23.6. The number of nitrogens with two attached hydrogens (primary N) is 2. The minimum Gasteiger partial charge on any atom is -0.393 e. The second-order valence-electron chi connectivity index (χ2n) is 2.25. The molecule has 0 radical (unpaired) electrons. The van der Waals surface area contributed by atoms with Crippen LogP contribution < -0.4 is 11.5 Å². The summed E-state index contributed by atoms with van der Waals surface area (Å²) in [6.45, 7) is 0. The van der Waals surface area contributed by atoms with Gasteiger partial charge in [-0.25, -0.2) is 4.98 Å². The Morgan fingerprint density at radius 2 is 2.23 bits per heavy atom. The molecule has 0 unspecified atom stereocenters. The predicted octanol–water partition coefficient (Wildman–Crippen LogP) is -0.329. The van der Waals surface area contributed by atoms with Gasteiger partial charge in [-0.3, -0.25) is 14.9 Å². The van der Waals surface area contributed by atoms with E-state index in [2.05, 4.69) is 4.98 Å². The number of rotatable bonds is 2. The van der Waals surface area contributed by atoms with E-state index in [4.69, 9.17) is 11.5 Å². The molecule has 0 saturated heterocycles. The first-order chi connectivity index (χ1) is 6.02. The third kappa shape index (κ3) is 1.70. The number of primary amides is 1. The van der Waals surface area contributed by atoms with Gasteiger partial charge in [0.2, 0.25) is 0 Å². The van der Waals surface area contributed by atoms with Crippen LogP contribution in [-0.4, -0.2) is 15.8 Å². The van der Waals surface area contributed by atoms with Crippen molar-refractivity contribution >= 4 is 17.3 Å². The number of nitrogen functional groups attached to an aromatic ring is 1. The Hall–Kier alpha value is -2.18. The third-order valence-corrected chi connectivity index (χ3v) is 1.36. The molecule has 7 nitrogen and oxygen atoms in total. The van der Waals surface area contributed by atoms with Crippen molar-refractivity contribution in [2.24, 2.45) is 5.73 Å². The summed E-state index contributed by atoms with van der Waals surface area (Å²) < 4.78 is 0. The van der Waals surface area contributed by atoms with Gasteiger partial charge in [0.25, 0.3) is 5.91 Å². The number of hydrogen-bond donors (Lipinski definition) is 2. The van der Waals surface area contributed by atoms with E-state index in [-0.39, 0.29) is 17.1 Å². The van der Waals surface area contributed by atoms with Crippen molar-refractivity contribution in [2.45, 2.75) is 0 Å². The normalized spacial score (nSPS) is 9.54. The van der Waals surface area contributed by atoms with Crippen molar-refractivity contribution < 1.29 is 9.72 Å². The van der Waals surface area contributed by atoms with Crippen LogP contribution in [-0.2, 0) is 0 Å². The molecule has 0 saturated carbocycles. The van der Waals surface area contributed by atoms with Crippen LogP contribution in [0.25, 0.3) is 0 Å². The van der Waals surface area contributed by atoms with Crippen molar-refractivity contribution in [2.75, 3.05) is 5.73 Å². The SMILES string of the molecule is NC(=O)c1cc(N)c([N+](=O)[O-])cn1. The van der Waals surface area contributed by atoms with Gasteiger partial charge in [-0.15, -0.1) is 0 Å². The van der Waals surface area contributed by atoms with E-state index in [0.29, 0.717) is 0 Å². The van der Waals surface area contributed by atoms with Crippen molar-refractivity contribution in [3.05, 3.63) is 28.1 Å². The number of anilines is 1. The standard InChI is InChI=1S/C6H6N4O3/c7-3-1-4(6(8)11)9-2-5(3)10(12)13/h1-2H,(H2,7,9)(H2,8,11). The highest BCUT2D eigenvalue weighted by molar-refractivity contribution is 5.92. The quantitative estimate of drug-likeness (QED) is 0.478. The number of carbonyl (C=O) groups excluding carboxylic acids is 1. The molecule has 7 heteroatoms. The molecule has 1 aromatic heterocycles. The number of aromatic nitrogens is 1. The molecular weight excluding hydrogens is 176 g/mol. The summed E-state index contributed by atoms with van der Waals surface area (Å²) in [5, 5.41) is 10.3. The van der Waals surface area contributed by atoms with Gasteiger partial charge in [0.15, 0.2) is 0 Å². The molecule has 0 fully saturated rings. The van der Waals surface area contributed by atoms with Gasteiger partial charge in [-0.2, -0.15) is 0 Å². The van der Waals surface area contributed by atoms with Gasteiger partial charge in [0.1, 0.15) is 17.6 Å². The van der Waals surface area contributed by atoms with Crippen molar-refractivity contribution in [3.63, 3.8) is 0 Å². The van der Waals surface area contributed by atoms with Gasteiger partial charge < -0.3 is 11.5 Å². The Bertz CT molecular complexity index is 376. The van der Waals surface area contributed by atoms with Gasteiger partial charge in [-0.05, 0) is 6.07 Å². The van der Waals surface area contributed by atoms with Crippen LogP contribution in [0.3, 0.4) is 0 Å². The van der Waals surface area contributed by atoms with Crippen LogP contribution in [0.2, 0.25) is 0 Å². The zero-order valence-electron chi connectivity index (χ0n) is 6.43. The predicted molar refractivity (Wildman–Crippen MR) is 43.8 cm³/mol. The molecule has 68 valence electrons. The molecule has 0 aromatic carbocycles. The zero-order chi connectivity index (χ0) is 10.0. The van der Waals surface area contributed by atoms with Crippen LogP contribution in [0.5, 0.6) is 0 Å². The molecule has 1 aromatic rings. The largest absolute Gasteiger partial charge is 0.393 e. The Balaban J connectivity index is 3.20. The molecule has 0 bridgehead atoms. The second-order valence-corrected chi connectivity index (χ2v) is 2.25. The molecule has 1 amide bonds. The van der Waals surface area contributed by atoms with E-state index in [0.717, 1.165) is 12.3 Å². The summed E-state index contributed by atoms with van der Waals surface area (Å²) in [5.74, 6) is -0.776. The lowest BCUT2D eigenvalue weighted by Crippen LogP contribution is -2.13. The molecule has 13 heavy (non-hydrogen) atoms. The summed E-state index contributed by atoms with van der Waals surface area (Å²) in [6, 6.07) is 1.07. The summed E-state index contributed by atoms with van der Waals surface area (Å²) >= 11 is 0. The molecule has 4 N–H and O–H groups in total. The van der Waals surface area contributed by atoms with E-state index in [1.807, 2.05) is 0 Å². The molecule has 1 rings (SSSR count). The van der Waals surface area contributed by atoms with E-state index in [9.17, 15) is 14.9 Å². The van der Waals surface area contributed by atoms with Gasteiger partial charge in [0, 0.05) is 0 Å². The second kappa shape index (κ2) is 3.05. The molecule has 0 aliphatic carbocycles. The summed E-state index contributed by atoms with van der Waals surface area (Å²) in [5.41, 5.74) is 9.58. The topological polar surface area (TPSA) is 125 Å². The number of carbonyl (C=O) groups is 1. The van der Waals surface area contributed by atoms with E-state index in [1.165, 1.54) is 0 Å². The maximum atomic E-state index is 10.6. The molecule has 0 atom stereocenters. The monoisotopic (exact) mass is 182 g/mol. The first-order valence-corrected chi connectivity index (χ1v) is 3.22. The Kier molecular flexibility index (Phi) is 2.09. The van der Waals surface area contributed by atoms with Gasteiger partial charge >= 0.3 is 5.69 Å². The van der Waals surface area contributed by atoms with Crippen LogP contribution in [0, 0.1) is 10.1 Å². The number of nitrogens with zero attached hydrogens (tertiary/aromatic N) is 2. The van der Waals surface area contributed by atoms with Crippen LogP contribution >= 0.6 is 0 Å². The Labute approximate surface area is 72.5 Å². The molecular formula is C6H6N4O3. The van der Waals surface area contributed by atoms with Gasteiger partial charge in [-0.1, -0.05) is 0 Å². The van der Waals surface area contributed by atoms with Crippen molar-refractivity contribution in [1.82, 2.24) is 4.98 Å². The maximum Gasteiger partial charge on any atom is 0.310 e. The molecule has 0 spiro atoms. The first-order valence-electron chi connectivity index (χ1n) is 3.22. The summed E-state index contributed by atoms with van der Waals surface area (Å²) in [6.07, 6.45) is 0.898. The minimum atomic E-state index is -0.776. The number of pyridine rings is 1. The molecule has 0 aliphatic rings. The first kappa shape index (κ1) is 8.91. The maximum absolute atomic E-state index is 10.6. The smallest absolute Gasteiger partial charge is 0.310 e. The van der Waals surface area contributed by atoms with Gasteiger partial charge in [0.05, 0.1) is 4.92 Å². The highest BCUT2D eigenvalue weighted by Gasteiger charge is 2.13. The fourth-order valence-corrected chi connectivity index (χ4v) is 0.751. The lowest BCUT2D eigenvalue weighted by Gasteiger charge is -1.97. The number of nitro groups is 1. The van der Waals surface area contributed by atoms with Crippen molar-refractivity contribution in [3.8, 4) is 0 Å². The fraction of sp³-hybridized carbons (Fsp3) is 0. The number of hydrogen-bond acceptors (Lipinski definition) is 5. The summed E-state index contributed by atoms with van der Waals surface area (Å²) in [7, 11) is 0. The lowest BCUT2D eigenvalue weighted by atomic mass is 10.3. The average molecular weight is 182 g/mol. The number of amides is 1. The van der Waals surface area contributed by atoms with E-state index in [1.54, 1.807) is 0 Å². The average Bonchev–Trinajstić information content (AvgIpc) is 2.03. The lowest BCUT2D eigenvalue weighted by molar-refractivity contribution is -0.384. The van der Waals surface area contributed by atoms with Crippen LogP contribution in [0.1, 0.15) is 10.5 Å². The highest BCUT2D eigenvalue weighted by atomic mass is 16.6. The van der Waals surface area contributed by atoms with Crippen molar-refractivity contribution in [1.29, 1.82) is 0 Å². The van der Waals surface area contributed by atoms with Crippen LogP contribution in [0.15, 0.2) is 12.3 Å². The minimum absolute atomic E-state index is 0.0944. The Morgan fingerprint density at radius 1 is 1.62 bits per heavy atom. The van der Waals surface area contributed by atoms with E-state index >= 15 is 0 Å². The molecule has 0 aliphatic heterocycles. The third-order valence-electron chi connectivity index (χ3n) is 1.36. The highest BCUT2D eigenvalue weighted by Crippen LogP contribution is 2.19. The zero-order valence-corrected chi connectivity index (χ0v) is 6.43. The van der Waals surface area contributed by atoms with E-state index < -0.39 is 10.8 Å². The fourth-order valence-electron chi connectivity index (χ4n) is 0.751.